The Balaban J connectivity index is 0.000000212. The molecule has 0 spiro atoms. The Morgan fingerprint density at radius 3 is 1.73 bits per heavy atom. The molecule has 5 aliphatic carbocycles. The van der Waals surface area contributed by atoms with Gasteiger partial charge in [0.05, 0.1) is 24.4 Å². The van der Waals surface area contributed by atoms with Gasteiger partial charge in [0.25, 0.3) is 0 Å². The summed E-state index contributed by atoms with van der Waals surface area (Å²) < 4.78 is 16.1. The zero-order valence-electron chi connectivity index (χ0n) is 34.8. The minimum absolute atomic E-state index is 0.0278. The van der Waals surface area contributed by atoms with E-state index in [9.17, 15) is 14.4 Å². The third kappa shape index (κ3) is 10.8. The Labute approximate surface area is 312 Å². The summed E-state index contributed by atoms with van der Waals surface area (Å²) in [7, 11) is 1.48. The summed E-state index contributed by atoms with van der Waals surface area (Å²) in [6, 6.07) is 0. The zero-order chi connectivity index (χ0) is 38.5. The van der Waals surface area contributed by atoms with Crippen molar-refractivity contribution < 1.29 is 28.6 Å². The summed E-state index contributed by atoms with van der Waals surface area (Å²) >= 11 is 0. The van der Waals surface area contributed by atoms with E-state index in [0.717, 1.165) is 55.8 Å². The predicted octanol–water partition coefficient (Wildman–Crippen LogP) is 10.8. The SMILES string of the molecule is C/C=C/C1CC(C)C2C3CC(C(=O)OC(C)(C)C)C(C3)C12.C/C=C/C1CC(C)CC1(C)C(=O)OC.C/C=C/C1CC(C)CC1C(=O)OC(C)(C)C. The lowest BCUT2D eigenvalue weighted by atomic mass is 9.71. The van der Waals surface area contributed by atoms with E-state index in [1.165, 1.54) is 20.0 Å². The lowest BCUT2D eigenvalue weighted by Gasteiger charge is -2.35. The second-order valence-corrected chi connectivity index (χ2v) is 19.1. The smallest absolute Gasteiger partial charge is 0.312 e. The van der Waals surface area contributed by atoms with Crippen LogP contribution in [0.25, 0.3) is 0 Å². The number of rotatable bonds is 6. The molecule has 5 aliphatic rings. The van der Waals surface area contributed by atoms with Gasteiger partial charge in [0.2, 0.25) is 0 Å². The number of carbonyl (C=O) groups excluding carboxylic acids is 3. The highest BCUT2D eigenvalue weighted by Crippen LogP contribution is 2.65. The standard InChI is InChI=1S/C19H30O2.C14H24O2.C12H20O2/c1-6-7-12-8-11(2)16-13-9-14(17(12)16)15(10-13)18(20)21-19(3,4)5;1-6-7-11-8-10(2)9-12(11)13(15)16-14(3,4)5;1-5-6-10-7-9(2)8-12(10,3)11(13)14-4/h6-7,11-17H,8-10H2,1-5H3;6-7,10-12H,8-9H2,1-5H3;5-6,9-10H,7-8H2,1-4H3/b2*7-6+;6-5+. The van der Waals surface area contributed by atoms with Crippen LogP contribution < -0.4 is 0 Å². The molecule has 2 bridgehead atoms. The van der Waals surface area contributed by atoms with Crippen molar-refractivity contribution in [2.75, 3.05) is 7.11 Å². The maximum absolute atomic E-state index is 12.5. The predicted molar refractivity (Wildman–Crippen MR) is 207 cm³/mol. The number of hydrogen-bond donors (Lipinski definition) is 0. The van der Waals surface area contributed by atoms with Gasteiger partial charge >= 0.3 is 17.9 Å². The van der Waals surface area contributed by atoms with Crippen molar-refractivity contribution in [3.05, 3.63) is 36.5 Å². The van der Waals surface area contributed by atoms with E-state index in [0.29, 0.717) is 35.5 Å². The first-order valence-corrected chi connectivity index (χ1v) is 20.1. The zero-order valence-corrected chi connectivity index (χ0v) is 34.8. The lowest BCUT2D eigenvalue weighted by Crippen LogP contribution is -2.37. The normalized spacial score (nSPS) is 38.7. The van der Waals surface area contributed by atoms with Gasteiger partial charge in [-0.25, -0.2) is 0 Å². The Kier molecular flexibility index (Phi) is 14.9. The van der Waals surface area contributed by atoms with Crippen LogP contribution in [0, 0.1) is 76.4 Å². The molecule has 0 amide bonds. The van der Waals surface area contributed by atoms with Crippen LogP contribution in [-0.2, 0) is 28.6 Å². The topological polar surface area (TPSA) is 78.9 Å². The molecule has 13 unspecified atom stereocenters. The number of hydrogen-bond acceptors (Lipinski definition) is 6. The van der Waals surface area contributed by atoms with Crippen molar-refractivity contribution in [3.8, 4) is 0 Å². The van der Waals surface area contributed by atoms with E-state index in [2.05, 4.69) is 52.0 Å². The summed E-state index contributed by atoms with van der Waals surface area (Å²) in [5.74, 6) is 6.58. The van der Waals surface area contributed by atoms with Crippen LogP contribution in [0.1, 0.15) is 135 Å². The molecule has 5 fully saturated rings. The number of ether oxygens (including phenoxy) is 3. The minimum atomic E-state index is -0.372. The quantitative estimate of drug-likeness (QED) is 0.155. The van der Waals surface area contributed by atoms with Gasteiger partial charge in [-0.15, -0.1) is 0 Å². The summed E-state index contributed by atoms with van der Waals surface area (Å²) in [6.45, 7) is 26.7. The first-order chi connectivity index (χ1) is 23.7. The molecule has 0 heterocycles. The van der Waals surface area contributed by atoms with E-state index < -0.39 is 0 Å². The monoisotopic (exact) mass is 711 g/mol. The maximum atomic E-state index is 12.5. The molecule has 0 radical (unpaired) electrons. The second kappa shape index (κ2) is 17.6. The third-order valence-electron chi connectivity index (χ3n) is 12.4. The molecule has 0 saturated heterocycles. The molecule has 0 aliphatic heterocycles. The number of esters is 3. The van der Waals surface area contributed by atoms with Crippen molar-refractivity contribution >= 4 is 17.9 Å². The van der Waals surface area contributed by atoms with Crippen LogP contribution in [0.3, 0.4) is 0 Å². The molecule has 5 rings (SSSR count). The highest BCUT2D eigenvalue weighted by molar-refractivity contribution is 5.77. The Morgan fingerprint density at radius 2 is 1.20 bits per heavy atom. The van der Waals surface area contributed by atoms with E-state index in [1.54, 1.807) is 0 Å². The highest BCUT2D eigenvalue weighted by Gasteiger charge is 2.61. The van der Waals surface area contributed by atoms with Gasteiger partial charge in [0, 0.05) is 0 Å². The molecule has 290 valence electrons. The van der Waals surface area contributed by atoms with Crippen LogP contribution >= 0.6 is 0 Å². The van der Waals surface area contributed by atoms with Crippen LogP contribution in [0.5, 0.6) is 0 Å². The van der Waals surface area contributed by atoms with Crippen molar-refractivity contribution in [1.29, 1.82) is 0 Å². The third-order valence-corrected chi connectivity index (χ3v) is 12.4. The largest absolute Gasteiger partial charge is 0.469 e. The molecular weight excluding hydrogens is 636 g/mol. The molecule has 0 aromatic rings. The van der Waals surface area contributed by atoms with Gasteiger partial charge in [-0.1, -0.05) is 57.2 Å². The summed E-state index contributed by atoms with van der Waals surface area (Å²) in [5, 5.41) is 0. The van der Waals surface area contributed by atoms with Crippen molar-refractivity contribution in [1.82, 2.24) is 0 Å². The summed E-state index contributed by atoms with van der Waals surface area (Å²) in [6.07, 6.45) is 20.7. The summed E-state index contributed by atoms with van der Waals surface area (Å²) in [4.78, 5) is 36.3. The fourth-order valence-corrected chi connectivity index (χ4v) is 10.8. The minimum Gasteiger partial charge on any atom is -0.469 e. The second-order valence-electron chi connectivity index (χ2n) is 19.1. The number of methoxy groups -OCH3 is 1. The molecule has 6 nitrogen and oxygen atoms in total. The van der Waals surface area contributed by atoms with Gasteiger partial charge in [0.15, 0.2) is 0 Å². The number of carbonyl (C=O) groups is 3. The van der Waals surface area contributed by atoms with E-state index in [4.69, 9.17) is 14.2 Å². The maximum Gasteiger partial charge on any atom is 0.312 e. The lowest BCUT2D eigenvalue weighted by molar-refractivity contribution is -0.163. The van der Waals surface area contributed by atoms with Crippen molar-refractivity contribution in [2.24, 2.45) is 76.4 Å². The van der Waals surface area contributed by atoms with Crippen LogP contribution in [0.15, 0.2) is 36.5 Å². The molecule has 51 heavy (non-hydrogen) atoms. The van der Waals surface area contributed by atoms with Gasteiger partial charge in [-0.3, -0.25) is 14.4 Å². The molecule has 0 aromatic heterocycles. The van der Waals surface area contributed by atoms with Gasteiger partial charge in [0.1, 0.15) is 11.2 Å². The first-order valence-electron chi connectivity index (χ1n) is 20.1. The van der Waals surface area contributed by atoms with Crippen molar-refractivity contribution in [2.45, 2.75) is 146 Å². The van der Waals surface area contributed by atoms with E-state index in [-0.39, 0.29) is 46.4 Å². The van der Waals surface area contributed by atoms with Gasteiger partial charge in [-0.2, -0.15) is 0 Å². The number of allylic oxidation sites excluding steroid dienone is 6. The Bertz CT molecular complexity index is 1260. The fourth-order valence-electron chi connectivity index (χ4n) is 10.8. The van der Waals surface area contributed by atoms with E-state index >= 15 is 0 Å². The molecule has 5 saturated carbocycles. The van der Waals surface area contributed by atoms with Crippen molar-refractivity contribution in [3.63, 3.8) is 0 Å². The molecule has 13 atom stereocenters. The highest BCUT2D eigenvalue weighted by atomic mass is 16.6. The van der Waals surface area contributed by atoms with Crippen LogP contribution in [0.4, 0.5) is 0 Å². The Hall–Kier alpha value is -2.37. The van der Waals surface area contributed by atoms with Crippen LogP contribution in [-0.4, -0.2) is 36.2 Å². The van der Waals surface area contributed by atoms with Gasteiger partial charge < -0.3 is 14.2 Å². The first kappa shape index (κ1) is 43.0. The molecule has 0 N–H and O–H groups in total. The molecular formula is C45H74O6. The summed E-state index contributed by atoms with van der Waals surface area (Å²) in [5.41, 5.74) is -1.03. The van der Waals surface area contributed by atoms with Crippen LogP contribution in [0.2, 0.25) is 0 Å². The molecule has 6 heteroatoms. The number of fused-ring (bicyclic) bond motifs is 5. The Morgan fingerprint density at radius 1 is 0.647 bits per heavy atom. The molecule has 0 aromatic carbocycles. The van der Waals surface area contributed by atoms with Gasteiger partial charge in [-0.05, 0) is 173 Å². The fraction of sp³-hybridized carbons (Fsp3) is 0.800. The average Bonchev–Trinajstić information content (AvgIpc) is 3.82. The van der Waals surface area contributed by atoms with E-state index in [1.807, 2.05) is 74.5 Å². The average molecular weight is 711 g/mol.